The Hall–Kier alpha value is -2.00. The van der Waals surface area contributed by atoms with Gasteiger partial charge >= 0.3 is 6.85 Å². The van der Waals surface area contributed by atoms with Crippen molar-refractivity contribution in [2.45, 2.75) is 25.8 Å². The van der Waals surface area contributed by atoms with E-state index in [-0.39, 0.29) is 30.2 Å². The molecule has 1 fully saturated rings. The van der Waals surface area contributed by atoms with Gasteiger partial charge in [-0.2, -0.15) is 0 Å². The molecule has 0 spiro atoms. The molecule has 0 aromatic carbocycles. The van der Waals surface area contributed by atoms with Crippen LogP contribution >= 0.6 is 0 Å². The quantitative estimate of drug-likeness (QED) is 0.520. The lowest BCUT2D eigenvalue weighted by Crippen LogP contribution is -2.61. The second kappa shape index (κ2) is 6.19. The number of hydroxylamine groups is 1. The van der Waals surface area contributed by atoms with E-state index in [0.717, 1.165) is 0 Å². The third-order valence-corrected chi connectivity index (χ3v) is 3.36. The molecule has 1 saturated heterocycles. The SMILES string of the molecule is COc1cncc(B2C(O)C(=O)CC(C)CC(=O)N2O)n1. The van der Waals surface area contributed by atoms with Crippen LogP contribution in [0.5, 0.6) is 5.88 Å². The highest BCUT2D eigenvalue weighted by Gasteiger charge is 2.43. The van der Waals surface area contributed by atoms with Crippen LogP contribution < -0.4 is 10.3 Å². The smallest absolute Gasteiger partial charge is 0.383 e. The van der Waals surface area contributed by atoms with Crippen molar-refractivity contribution in [3.63, 3.8) is 0 Å². The van der Waals surface area contributed by atoms with Gasteiger partial charge in [-0.05, 0) is 5.92 Å². The van der Waals surface area contributed by atoms with Crippen molar-refractivity contribution in [1.82, 2.24) is 14.9 Å². The molecule has 0 radical (unpaired) electrons. The zero-order chi connectivity index (χ0) is 15.6. The summed E-state index contributed by atoms with van der Waals surface area (Å²) in [5.74, 6) is -1.12. The average molecular weight is 293 g/mol. The lowest BCUT2D eigenvalue weighted by atomic mass is 9.51. The largest absolute Gasteiger partial charge is 0.480 e. The number of aromatic nitrogens is 2. The molecule has 21 heavy (non-hydrogen) atoms. The van der Waals surface area contributed by atoms with Gasteiger partial charge in [0.05, 0.1) is 18.9 Å². The van der Waals surface area contributed by atoms with Gasteiger partial charge in [-0.25, -0.2) is 4.98 Å². The van der Waals surface area contributed by atoms with Crippen LogP contribution in [0, 0.1) is 5.92 Å². The number of aliphatic hydroxyl groups excluding tert-OH is 1. The number of aliphatic hydroxyl groups is 1. The summed E-state index contributed by atoms with van der Waals surface area (Å²) in [5, 5.41) is 20.2. The number of hydrogen-bond donors (Lipinski definition) is 2. The monoisotopic (exact) mass is 293 g/mol. The van der Waals surface area contributed by atoms with E-state index in [1.54, 1.807) is 6.92 Å². The Kier molecular flexibility index (Phi) is 4.54. The summed E-state index contributed by atoms with van der Waals surface area (Å²) in [6.45, 7) is 0.419. The van der Waals surface area contributed by atoms with Crippen molar-refractivity contribution in [2.75, 3.05) is 7.11 Å². The summed E-state index contributed by atoms with van der Waals surface area (Å²) < 4.78 is 4.92. The second-order valence-electron chi connectivity index (χ2n) is 5.09. The molecule has 0 bridgehead atoms. The van der Waals surface area contributed by atoms with E-state index in [4.69, 9.17) is 4.74 Å². The molecule has 8 nitrogen and oxygen atoms in total. The summed E-state index contributed by atoms with van der Waals surface area (Å²) >= 11 is 0. The number of carbonyl (C=O) groups is 2. The average Bonchev–Trinajstić information content (AvgIpc) is 2.46. The highest BCUT2D eigenvalue weighted by Crippen LogP contribution is 2.17. The van der Waals surface area contributed by atoms with Crippen LogP contribution in [0.4, 0.5) is 0 Å². The van der Waals surface area contributed by atoms with Crippen LogP contribution in [-0.2, 0) is 9.59 Å². The molecule has 1 aliphatic rings. The molecule has 2 atom stereocenters. The number of hydrogen-bond acceptors (Lipinski definition) is 7. The van der Waals surface area contributed by atoms with Crippen molar-refractivity contribution in [2.24, 2.45) is 5.92 Å². The number of carbonyl (C=O) groups excluding carboxylic acids is 2. The van der Waals surface area contributed by atoms with Crippen molar-refractivity contribution in [3.05, 3.63) is 12.4 Å². The first kappa shape index (κ1) is 15.4. The second-order valence-corrected chi connectivity index (χ2v) is 5.09. The van der Waals surface area contributed by atoms with Crippen LogP contribution in [0.2, 0.25) is 0 Å². The van der Waals surface area contributed by atoms with E-state index in [0.29, 0.717) is 4.97 Å². The first-order valence-electron chi connectivity index (χ1n) is 6.51. The van der Waals surface area contributed by atoms with Crippen molar-refractivity contribution in [3.8, 4) is 5.88 Å². The van der Waals surface area contributed by atoms with Gasteiger partial charge in [-0.3, -0.25) is 24.8 Å². The van der Waals surface area contributed by atoms with Crippen molar-refractivity contribution < 1.29 is 24.6 Å². The Bertz CT molecular complexity index is 531. The Morgan fingerprint density at radius 2 is 2.10 bits per heavy atom. The number of ether oxygens (including phenoxy) is 1. The minimum Gasteiger partial charge on any atom is -0.480 e. The van der Waals surface area contributed by atoms with Gasteiger partial charge in [-0.15, -0.1) is 0 Å². The van der Waals surface area contributed by atoms with E-state index >= 15 is 0 Å². The van der Waals surface area contributed by atoms with E-state index in [9.17, 15) is 19.9 Å². The van der Waals surface area contributed by atoms with Gasteiger partial charge in [0.1, 0.15) is 6.00 Å². The number of ketones is 1. The summed E-state index contributed by atoms with van der Waals surface area (Å²) in [6, 6.07) is -1.57. The first-order chi connectivity index (χ1) is 9.93. The molecular formula is C12H16BN3O5. The molecule has 2 heterocycles. The fraction of sp³-hybridized carbons (Fsp3) is 0.500. The Balaban J connectivity index is 2.40. The van der Waals surface area contributed by atoms with Crippen LogP contribution in [0.1, 0.15) is 19.8 Å². The molecule has 1 aliphatic heterocycles. The fourth-order valence-electron chi connectivity index (χ4n) is 2.28. The number of nitrogens with zero attached hydrogens (tertiary/aromatic N) is 3. The third-order valence-electron chi connectivity index (χ3n) is 3.36. The van der Waals surface area contributed by atoms with Crippen LogP contribution in [0.3, 0.4) is 0 Å². The van der Waals surface area contributed by atoms with Gasteiger partial charge in [0.15, 0.2) is 5.78 Å². The summed E-state index contributed by atoms with van der Waals surface area (Å²) in [5.41, 5.74) is 0.0839. The Labute approximate surface area is 121 Å². The lowest BCUT2D eigenvalue weighted by molar-refractivity contribution is -0.151. The zero-order valence-electron chi connectivity index (χ0n) is 11.8. The van der Waals surface area contributed by atoms with Crippen LogP contribution in [-0.4, -0.2) is 56.9 Å². The van der Waals surface area contributed by atoms with Gasteiger partial charge in [-0.1, -0.05) is 6.92 Å². The van der Waals surface area contributed by atoms with Crippen molar-refractivity contribution in [1.29, 1.82) is 0 Å². The maximum atomic E-state index is 12.0. The molecule has 0 saturated carbocycles. The van der Waals surface area contributed by atoms with E-state index in [2.05, 4.69) is 9.97 Å². The highest BCUT2D eigenvalue weighted by atomic mass is 16.5. The molecule has 2 N–H and O–H groups in total. The lowest BCUT2D eigenvalue weighted by Gasteiger charge is -2.29. The highest BCUT2D eigenvalue weighted by molar-refractivity contribution is 6.75. The van der Waals surface area contributed by atoms with Crippen LogP contribution in [0.15, 0.2) is 12.4 Å². The number of methoxy groups -OCH3 is 1. The van der Waals surface area contributed by atoms with Gasteiger partial charge in [0.2, 0.25) is 11.8 Å². The first-order valence-corrected chi connectivity index (χ1v) is 6.51. The molecular weight excluding hydrogens is 277 g/mol. The van der Waals surface area contributed by atoms with Gasteiger partial charge < -0.3 is 9.84 Å². The summed E-state index contributed by atoms with van der Waals surface area (Å²) in [7, 11) is 1.39. The number of rotatable bonds is 2. The predicted molar refractivity (Wildman–Crippen MR) is 72.0 cm³/mol. The van der Waals surface area contributed by atoms with E-state index < -0.39 is 24.5 Å². The third kappa shape index (κ3) is 3.19. The van der Waals surface area contributed by atoms with Crippen molar-refractivity contribution >= 4 is 24.1 Å². The molecule has 1 aromatic rings. The predicted octanol–water partition coefficient (Wildman–Crippen LogP) is -1.20. The van der Waals surface area contributed by atoms with Gasteiger partial charge in [0.25, 0.3) is 0 Å². The maximum Gasteiger partial charge on any atom is 0.383 e. The molecule has 9 heteroatoms. The molecule has 1 aromatic heterocycles. The molecule has 0 aliphatic carbocycles. The molecule has 2 unspecified atom stereocenters. The molecule has 112 valence electrons. The summed E-state index contributed by atoms with van der Waals surface area (Å²) in [4.78, 5) is 32.2. The Morgan fingerprint density at radius 1 is 1.38 bits per heavy atom. The minimum atomic E-state index is -1.57. The van der Waals surface area contributed by atoms with Crippen LogP contribution in [0.25, 0.3) is 0 Å². The van der Waals surface area contributed by atoms with E-state index in [1.807, 2.05) is 0 Å². The fourth-order valence-corrected chi connectivity index (χ4v) is 2.28. The minimum absolute atomic E-state index is 0.0167. The summed E-state index contributed by atoms with van der Waals surface area (Å²) in [6.07, 6.45) is 2.69. The maximum absolute atomic E-state index is 12.0. The topological polar surface area (TPSA) is 113 Å². The standard InChI is InChI=1S/C12H16BN3O5/c1-7-3-8(17)12(19)13(16(20)11(18)4-7)9-5-14-6-10(15-9)21-2/h5-7,12,19-20H,3-4H2,1-2H3. The normalized spacial score (nSPS) is 23.8. The number of amides is 1. The van der Waals surface area contributed by atoms with E-state index in [1.165, 1.54) is 19.5 Å². The Morgan fingerprint density at radius 3 is 2.76 bits per heavy atom. The molecule has 1 amide bonds. The van der Waals surface area contributed by atoms with Gasteiger partial charge in [0, 0.05) is 19.0 Å². The molecule has 2 rings (SSSR count). The zero-order valence-corrected chi connectivity index (χ0v) is 11.8. The number of Topliss-reactive ketones (excluding diaryl/α,β-unsaturated/α-hetero) is 1.